The maximum atomic E-state index is 7.53. The molecule has 1 aliphatic rings. The number of nitrogens with zero attached hydrogens (tertiary/aromatic N) is 2. The van der Waals surface area contributed by atoms with Crippen LogP contribution in [0.4, 0.5) is 11.5 Å². The molecule has 1 aromatic heterocycles. The average molecular weight is 266 g/mol. The highest BCUT2D eigenvalue weighted by Gasteiger charge is 2.17. The van der Waals surface area contributed by atoms with Gasteiger partial charge in [-0.1, -0.05) is 24.3 Å². The number of aromatic nitrogens is 1. The fourth-order valence-electron chi connectivity index (χ4n) is 2.65. The lowest BCUT2D eigenvalue weighted by molar-refractivity contribution is 0.757. The fourth-order valence-corrected chi connectivity index (χ4v) is 2.65. The zero-order valence-corrected chi connectivity index (χ0v) is 11.3. The van der Waals surface area contributed by atoms with Crippen LogP contribution in [0.2, 0.25) is 0 Å². The molecule has 0 radical (unpaired) electrons. The largest absolute Gasteiger partial charge is 0.382 e. The van der Waals surface area contributed by atoms with Gasteiger partial charge in [-0.3, -0.25) is 5.41 Å². The molecule has 1 aliphatic heterocycles. The minimum absolute atomic E-state index is 0.00922. The van der Waals surface area contributed by atoms with Crippen LogP contribution in [0, 0.1) is 5.41 Å². The van der Waals surface area contributed by atoms with Gasteiger partial charge in [-0.25, -0.2) is 4.98 Å². The fraction of sp³-hybridized carbons (Fsp3) is 0.250. The quantitative estimate of drug-likeness (QED) is 0.649. The number of amidine groups is 1. The van der Waals surface area contributed by atoms with E-state index in [1.54, 1.807) is 6.07 Å². The summed E-state index contributed by atoms with van der Waals surface area (Å²) in [4.78, 5) is 6.74. The number of benzene rings is 1. The van der Waals surface area contributed by atoms with Crippen LogP contribution in [0.25, 0.3) is 0 Å². The van der Waals surface area contributed by atoms with Crippen molar-refractivity contribution in [1.29, 1.82) is 5.41 Å². The van der Waals surface area contributed by atoms with Crippen LogP contribution in [0.5, 0.6) is 0 Å². The summed E-state index contributed by atoms with van der Waals surface area (Å²) in [5.41, 5.74) is 8.65. The smallest absolute Gasteiger partial charge is 0.141 e. The van der Waals surface area contributed by atoms with Gasteiger partial charge in [0.1, 0.15) is 17.3 Å². The number of hydrogen-bond donors (Lipinski definition) is 2. The van der Waals surface area contributed by atoms with E-state index in [-0.39, 0.29) is 5.84 Å². The second kappa shape index (κ2) is 5.33. The summed E-state index contributed by atoms with van der Waals surface area (Å²) in [6, 6.07) is 14.1. The number of nitrogens with one attached hydrogen (secondary N) is 1. The number of nitrogen functional groups attached to an aromatic ring is 1. The van der Waals surface area contributed by atoms with Crippen molar-refractivity contribution < 1.29 is 0 Å². The maximum absolute atomic E-state index is 7.53. The van der Waals surface area contributed by atoms with Crippen LogP contribution >= 0.6 is 0 Å². The summed E-state index contributed by atoms with van der Waals surface area (Å²) in [5.74, 6) is 0.877. The Morgan fingerprint density at radius 1 is 1.10 bits per heavy atom. The van der Waals surface area contributed by atoms with E-state index in [0.717, 1.165) is 25.2 Å². The highest BCUT2D eigenvalue weighted by molar-refractivity contribution is 5.93. The molecule has 0 atom stereocenters. The van der Waals surface area contributed by atoms with Crippen LogP contribution in [-0.2, 0) is 6.42 Å². The van der Waals surface area contributed by atoms with Gasteiger partial charge in [0.2, 0.25) is 0 Å². The van der Waals surface area contributed by atoms with Crippen LogP contribution in [0.15, 0.2) is 42.5 Å². The molecule has 3 rings (SSSR count). The van der Waals surface area contributed by atoms with Crippen LogP contribution in [-0.4, -0.2) is 17.4 Å². The summed E-state index contributed by atoms with van der Waals surface area (Å²) >= 11 is 0. The van der Waals surface area contributed by atoms with Crippen molar-refractivity contribution >= 4 is 17.3 Å². The molecule has 4 heteroatoms. The number of anilines is 2. The lowest BCUT2D eigenvalue weighted by atomic mass is 10.1. The van der Waals surface area contributed by atoms with Crippen molar-refractivity contribution in [1.82, 2.24) is 4.98 Å². The Morgan fingerprint density at radius 2 is 1.95 bits per heavy atom. The molecule has 4 nitrogen and oxygen atoms in total. The number of hydrogen-bond acceptors (Lipinski definition) is 3. The lowest BCUT2D eigenvalue weighted by Crippen LogP contribution is -2.21. The maximum Gasteiger partial charge on any atom is 0.141 e. The second-order valence-corrected chi connectivity index (χ2v) is 5.03. The van der Waals surface area contributed by atoms with E-state index in [4.69, 9.17) is 11.1 Å². The number of fused-ring (bicyclic) bond motifs is 1. The van der Waals surface area contributed by atoms with Gasteiger partial charge >= 0.3 is 0 Å². The van der Waals surface area contributed by atoms with E-state index in [1.165, 1.54) is 17.7 Å². The number of aryl methyl sites for hydroxylation is 1. The summed E-state index contributed by atoms with van der Waals surface area (Å²) in [7, 11) is 0. The third kappa shape index (κ3) is 2.37. The van der Waals surface area contributed by atoms with Gasteiger partial charge in [0.15, 0.2) is 0 Å². The first kappa shape index (κ1) is 12.7. The molecule has 0 saturated carbocycles. The second-order valence-electron chi connectivity index (χ2n) is 5.03. The molecule has 3 N–H and O–H groups in total. The van der Waals surface area contributed by atoms with Gasteiger partial charge in [0.05, 0.1) is 0 Å². The van der Waals surface area contributed by atoms with Gasteiger partial charge in [-0.2, -0.15) is 0 Å². The van der Waals surface area contributed by atoms with E-state index in [0.29, 0.717) is 5.69 Å². The van der Waals surface area contributed by atoms with Crippen molar-refractivity contribution in [3.05, 3.63) is 53.7 Å². The molecular weight excluding hydrogens is 248 g/mol. The molecule has 0 unspecified atom stereocenters. The predicted molar refractivity (Wildman–Crippen MR) is 81.6 cm³/mol. The molecule has 0 bridgehead atoms. The molecule has 0 spiro atoms. The van der Waals surface area contributed by atoms with Crippen molar-refractivity contribution in [2.75, 3.05) is 11.4 Å². The van der Waals surface area contributed by atoms with Crippen molar-refractivity contribution in [3.63, 3.8) is 0 Å². The van der Waals surface area contributed by atoms with Gasteiger partial charge in [0, 0.05) is 12.2 Å². The summed E-state index contributed by atoms with van der Waals surface area (Å²) < 4.78 is 0. The Balaban J connectivity index is 2.05. The third-order valence-corrected chi connectivity index (χ3v) is 3.65. The Hall–Kier alpha value is -2.36. The minimum atomic E-state index is 0.00922. The summed E-state index contributed by atoms with van der Waals surface area (Å²) in [5, 5.41) is 7.53. The van der Waals surface area contributed by atoms with Crippen LogP contribution < -0.4 is 10.6 Å². The van der Waals surface area contributed by atoms with Crippen LogP contribution in [0.3, 0.4) is 0 Å². The van der Waals surface area contributed by atoms with Gasteiger partial charge in [0.25, 0.3) is 0 Å². The number of pyridine rings is 1. The first-order valence-corrected chi connectivity index (χ1v) is 6.92. The molecule has 102 valence electrons. The predicted octanol–water partition coefficient (Wildman–Crippen LogP) is 2.84. The molecule has 1 aromatic carbocycles. The van der Waals surface area contributed by atoms with Crippen molar-refractivity contribution in [2.45, 2.75) is 19.3 Å². The first-order valence-electron chi connectivity index (χ1n) is 6.92. The molecule has 0 amide bonds. The zero-order valence-electron chi connectivity index (χ0n) is 11.3. The standard InChI is InChI=1S/C16H18N4/c17-16(18)13-8-5-10-15(19-13)20-11-4-3-7-12-6-1-2-9-14(12)20/h1-2,5-6,8-10H,3-4,7,11H2,(H3,17,18). The molecular formula is C16H18N4. The van der Waals surface area contributed by atoms with Gasteiger partial charge < -0.3 is 10.6 Å². The highest BCUT2D eigenvalue weighted by atomic mass is 15.2. The van der Waals surface area contributed by atoms with E-state index in [9.17, 15) is 0 Å². The topological polar surface area (TPSA) is 66.0 Å². The Labute approximate surface area is 118 Å². The first-order chi connectivity index (χ1) is 9.75. The van der Waals surface area contributed by atoms with Crippen molar-refractivity contribution in [3.8, 4) is 0 Å². The van der Waals surface area contributed by atoms with Gasteiger partial charge in [-0.05, 0) is 43.0 Å². The number of nitrogens with two attached hydrogens (primary N) is 1. The summed E-state index contributed by atoms with van der Waals surface area (Å²) in [6.45, 7) is 0.950. The molecule has 20 heavy (non-hydrogen) atoms. The molecule has 2 heterocycles. The Bertz CT molecular complexity index is 636. The molecule has 0 fully saturated rings. The van der Waals surface area contributed by atoms with E-state index >= 15 is 0 Å². The molecule has 2 aromatic rings. The lowest BCUT2D eigenvalue weighted by Gasteiger charge is -2.24. The Morgan fingerprint density at radius 3 is 2.80 bits per heavy atom. The monoisotopic (exact) mass is 266 g/mol. The number of rotatable bonds is 2. The van der Waals surface area contributed by atoms with Gasteiger partial charge in [-0.15, -0.1) is 0 Å². The molecule has 0 aliphatic carbocycles. The minimum Gasteiger partial charge on any atom is -0.382 e. The summed E-state index contributed by atoms with van der Waals surface area (Å²) in [6.07, 6.45) is 3.44. The highest BCUT2D eigenvalue weighted by Crippen LogP contribution is 2.31. The number of para-hydroxylation sites is 1. The average Bonchev–Trinajstić information content (AvgIpc) is 2.69. The third-order valence-electron chi connectivity index (χ3n) is 3.65. The normalized spacial score (nSPS) is 14.5. The van der Waals surface area contributed by atoms with E-state index in [1.807, 2.05) is 12.1 Å². The van der Waals surface area contributed by atoms with E-state index in [2.05, 4.69) is 34.1 Å². The zero-order chi connectivity index (χ0) is 13.9. The molecule has 0 saturated heterocycles. The van der Waals surface area contributed by atoms with E-state index < -0.39 is 0 Å². The van der Waals surface area contributed by atoms with Crippen molar-refractivity contribution in [2.24, 2.45) is 5.73 Å². The SMILES string of the molecule is N=C(N)c1cccc(N2CCCCc3ccccc32)n1. The van der Waals surface area contributed by atoms with Crippen LogP contribution in [0.1, 0.15) is 24.1 Å². The Kier molecular flexibility index (Phi) is 3.37.